The summed E-state index contributed by atoms with van der Waals surface area (Å²) < 4.78 is 13.8. The van der Waals surface area contributed by atoms with Crippen LogP contribution < -0.4 is 10.6 Å². The van der Waals surface area contributed by atoms with Crippen molar-refractivity contribution >= 4 is 11.3 Å². The molecule has 0 saturated carbocycles. The molecule has 0 unspecified atom stereocenters. The lowest BCUT2D eigenvalue weighted by Gasteiger charge is -2.08. The summed E-state index contributed by atoms with van der Waals surface area (Å²) in [5.74, 6) is -0.251. The molecule has 0 saturated heterocycles. The third kappa shape index (κ3) is 3.48. The van der Waals surface area contributed by atoms with E-state index in [-0.39, 0.29) is 5.82 Å². The van der Waals surface area contributed by atoms with Crippen molar-refractivity contribution < 1.29 is 4.39 Å². The molecule has 0 aromatic heterocycles. The minimum Gasteiger partial charge on any atom is -0.388 e. The Morgan fingerprint density at radius 1 is 1.41 bits per heavy atom. The van der Waals surface area contributed by atoms with E-state index in [1.807, 2.05) is 19.1 Å². The molecule has 0 atom stereocenters. The van der Waals surface area contributed by atoms with Gasteiger partial charge in [0.1, 0.15) is 5.82 Å². The van der Waals surface area contributed by atoms with Crippen molar-refractivity contribution in [3.05, 3.63) is 60.7 Å². The zero-order chi connectivity index (χ0) is 12.7. The Bertz CT molecular complexity index is 448. The van der Waals surface area contributed by atoms with Crippen LogP contribution in [0, 0.1) is 5.82 Å². The van der Waals surface area contributed by atoms with Gasteiger partial charge in [-0.15, -0.1) is 0 Å². The number of halogens is 1. The minimum atomic E-state index is -0.251. The molecule has 1 aromatic carbocycles. The lowest BCUT2D eigenvalue weighted by molar-refractivity contribution is 0.624. The summed E-state index contributed by atoms with van der Waals surface area (Å²) in [5, 5.41) is 5.85. The van der Waals surface area contributed by atoms with Crippen molar-refractivity contribution in [2.75, 3.05) is 12.4 Å². The lowest BCUT2D eigenvalue weighted by atomic mass is 10.0. The normalized spacial score (nSPS) is 11.6. The van der Waals surface area contributed by atoms with E-state index in [0.29, 0.717) is 5.56 Å². The molecule has 0 spiro atoms. The first-order valence-corrected chi connectivity index (χ1v) is 5.40. The van der Waals surface area contributed by atoms with Gasteiger partial charge in [0.05, 0.1) is 0 Å². The fourth-order valence-electron chi connectivity index (χ4n) is 1.45. The number of nitrogens with one attached hydrogen (secondary N) is 2. The quantitative estimate of drug-likeness (QED) is 0.759. The Morgan fingerprint density at radius 3 is 2.76 bits per heavy atom. The summed E-state index contributed by atoms with van der Waals surface area (Å²) in [5.41, 5.74) is 2.18. The van der Waals surface area contributed by atoms with Crippen LogP contribution in [0.25, 0.3) is 5.57 Å². The summed E-state index contributed by atoms with van der Waals surface area (Å²) in [4.78, 5) is 0. The number of rotatable bonds is 5. The van der Waals surface area contributed by atoms with Crippen LogP contribution in [0.15, 0.2) is 49.3 Å². The van der Waals surface area contributed by atoms with E-state index in [1.54, 1.807) is 31.6 Å². The zero-order valence-corrected chi connectivity index (χ0v) is 10.1. The van der Waals surface area contributed by atoms with Crippen molar-refractivity contribution in [1.29, 1.82) is 0 Å². The van der Waals surface area contributed by atoms with Gasteiger partial charge in [-0.1, -0.05) is 18.7 Å². The van der Waals surface area contributed by atoms with Crippen LogP contribution in [0.2, 0.25) is 0 Å². The fraction of sp³-hybridized carbons (Fsp3) is 0.143. The molecule has 2 nitrogen and oxygen atoms in total. The van der Waals surface area contributed by atoms with Crippen LogP contribution in [-0.2, 0) is 0 Å². The van der Waals surface area contributed by atoms with Gasteiger partial charge >= 0.3 is 0 Å². The van der Waals surface area contributed by atoms with Crippen molar-refractivity contribution in [3.8, 4) is 0 Å². The first-order valence-electron chi connectivity index (χ1n) is 5.40. The molecule has 1 rings (SSSR count). The van der Waals surface area contributed by atoms with Gasteiger partial charge in [0.25, 0.3) is 0 Å². The van der Waals surface area contributed by atoms with Gasteiger partial charge in [0.2, 0.25) is 0 Å². The van der Waals surface area contributed by atoms with Gasteiger partial charge in [-0.3, -0.25) is 0 Å². The van der Waals surface area contributed by atoms with Gasteiger partial charge in [0, 0.05) is 30.1 Å². The van der Waals surface area contributed by atoms with Crippen molar-refractivity contribution in [3.63, 3.8) is 0 Å². The minimum absolute atomic E-state index is 0.251. The highest BCUT2D eigenvalue weighted by atomic mass is 19.1. The van der Waals surface area contributed by atoms with Crippen LogP contribution in [0.1, 0.15) is 12.5 Å². The van der Waals surface area contributed by atoms with Crippen molar-refractivity contribution in [2.24, 2.45) is 0 Å². The van der Waals surface area contributed by atoms with Crippen LogP contribution in [0.3, 0.4) is 0 Å². The number of hydrogen-bond acceptors (Lipinski definition) is 2. The third-order valence-corrected chi connectivity index (χ3v) is 2.27. The Balaban J connectivity index is 3.21. The van der Waals surface area contributed by atoms with Gasteiger partial charge in [-0.25, -0.2) is 4.39 Å². The van der Waals surface area contributed by atoms with Crippen LogP contribution >= 0.6 is 0 Å². The van der Waals surface area contributed by atoms with E-state index in [0.717, 1.165) is 11.3 Å². The molecule has 0 aliphatic heterocycles. The number of benzene rings is 1. The number of hydrogen-bond donors (Lipinski definition) is 2. The van der Waals surface area contributed by atoms with E-state index in [1.165, 1.54) is 6.07 Å². The summed E-state index contributed by atoms with van der Waals surface area (Å²) in [6.07, 6.45) is 6.96. The Labute approximate surface area is 102 Å². The Kier molecular flexibility index (Phi) is 5.01. The first-order chi connectivity index (χ1) is 8.22. The molecule has 2 N–H and O–H groups in total. The maximum atomic E-state index is 13.8. The smallest absolute Gasteiger partial charge is 0.131 e. The molecule has 0 radical (unpaired) electrons. The summed E-state index contributed by atoms with van der Waals surface area (Å²) in [7, 11) is 1.80. The van der Waals surface area contributed by atoms with Gasteiger partial charge in [0.15, 0.2) is 0 Å². The molecule has 3 heteroatoms. The summed E-state index contributed by atoms with van der Waals surface area (Å²) in [6, 6.07) is 4.92. The SMILES string of the molecule is C=CN/C=C(\C=C/C)c1cc(NC)ccc1F. The molecule has 17 heavy (non-hydrogen) atoms. The lowest BCUT2D eigenvalue weighted by Crippen LogP contribution is -1.97. The molecule has 0 aliphatic rings. The zero-order valence-electron chi connectivity index (χ0n) is 10.1. The van der Waals surface area contributed by atoms with Gasteiger partial charge < -0.3 is 10.6 Å². The standard InChI is InChI=1S/C14H17FN2/c1-4-6-11(10-17-5-2)13-9-12(16-3)7-8-14(13)15/h4-10,16-17H,2H2,1,3H3/b6-4-,11-10+. The topological polar surface area (TPSA) is 24.1 Å². The monoisotopic (exact) mass is 232 g/mol. The third-order valence-electron chi connectivity index (χ3n) is 2.27. The van der Waals surface area contributed by atoms with Gasteiger partial charge in [-0.05, 0) is 31.3 Å². The van der Waals surface area contributed by atoms with Crippen LogP contribution in [0.5, 0.6) is 0 Å². The highest BCUT2D eigenvalue weighted by Gasteiger charge is 2.06. The maximum absolute atomic E-state index is 13.8. The highest BCUT2D eigenvalue weighted by molar-refractivity contribution is 5.76. The highest BCUT2D eigenvalue weighted by Crippen LogP contribution is 2.22. The predicted octanol–water partition coefficient (Wildman–Crippen LogP) is 3.52. The predicted molar refractivity (Wildman–Crippen MR) is 72.1 cm³/mol. The molecular weight excluding hydrogens is 215 g/mol. The molecule has 90 valence electrons. The summed E-state index contributed by atoms with van der Waals surface area (Å²) in [6.45, 7) is 5.45. The molecule has 0 aliphatic carbocycles. The summed E-state index contributed by atoms with van der Waals surface area (Å²) >= 11 is 0. The molecule has 1 aromatic rings. The Morgan fingerprint density at radius 2 is 2.18 bits per heavy atom. The maximum Gasteiger partial charge on any atom is 0.131 e. The Hall–Kier alpha value is -2.03. The average Bonchev–Trinajstić information content (AvgIpc) is 2.35. The van der Waals surface area contributed by atoms with Crippen LogP contribution in [-0.4, -0.2) is 7.05 Å². The number of allylic oxidation sites excluding steroid dienone is 3. The van der Waals surface area contributed by atoms with Crippen molar-refractivity contribution in [1.82, 2.24) is 5.32 Å². The number of anilines is 1. The molecule has 0 bridgehead atoms. The second kappa shape index (κ2) is 6.53. The van der Waals surface area contributed by atoms with E-state index in [9.17, 15) is 4.39 Å². The van der Waals surface area contributed by atoms with E-state index >= 15 is 0 Å². The van der Waals surface area contributed by atoms with Gasteiger partial charge in [-0.2, -0.15) is 0 Å². The van der Waals surface area contributed by atoms with Crippen molar-refractivity contribution in [2.45, 2.75) is 6.92 Å². The van der Waals surface area contributed by atoms with E-state index in [4.69, 9.17) is 0 Å². The second-order valence-corrected chi connectivity index (χ2v) is 3.42. The molecule has 0 heterocycles. The first kappa shape index (κ1) is 13.0. The fourth-order valence-corrected chi connectivity index (χ4v) is 1.45. The van der Waals surface area contributed by atoms with E-state index in [2.05, 4.69) is 17.2 Å². The average molecular weight is 232 g/mol. The second-order valence-electron chi connectivity index (χ2n) is 3.42. The van der Waals surface area contributed by atoms with E-state index < -0.39 is 0 Å². The molecule has 0 fully saturated rings. The largest absolute Gasteiger partial charge is 0.388 e. The molecule has 0 amide bonds. The van der Waals surface area contributed by atoms with Crippen LogP contribution in [0.4, 0.5) is 10.1 Å². The molecular formula is C14H17FN2.